The van der Waals surface area contributed by atoms with Crippen molar-refractivity contribution in [2.45, 2.75) is 6.92 Å². The number of carbonyl (C=O) groups excluding carboxylic acids is 1. The van der Waals surface area contributed by atoms with Gasteiger partial charge in [-0.15, -0.1) is 0 Å². The lowest BCUT2D eigenvalue weighted by atomic mass is 10.1. The van der Waals surface area contributed by atoms with Gasteiger partial charge in [0.25, 0.3) is 6.01 Å². The van der Waals surface area contributed by atoms with Gasteiger partial charge in [-0.2, -0.15) is 4.98 Å². The number of methoxy groups -OCH3 is 2. The predicted octanol–water partition coefficient (Wildman–Crippen LogP) is 2.14. The Hall–Kier alpha value is -2.50. The molecule has 6 heteroatoms. The van der Waals surface area contributed by atoms with E-state index in [1.165, 1.54) is 6.92 Å². The summed E-state index contributed by atoms with van der Waals surface area (Å²) in [6, 6.07) is 5.13. The number of benzene rings is 1. The van der Waals surface area contributed by atoms with Crippen LogP contribution in [0.3, 0.4) is 0 Å². The van der Waals surface area contributed by atoms with Crippen LogP contribution in [0.2, 0.25) is 0 Å². The zero-order chi connectivity index (χ0) is 14.0. The van der Waals surface area contributed by atoms with Gasteiger partial charge in [0.05, 0.1) is 14.2 Å². The van der Waals surface area contributed by atoms with E-state index in [0.29, 0.717) is 22.8 Å². The van der Waals surface area contributed by atoms with Crippen LogP contribution in [0.5, 0.6) is 11.5 Å². The van der Waals surface area contributed by atoms with Crippen molar-refractivity contribution < 1.29 is 18.7 Å². The van der Waals surface area contributed by atoms with Crippen LogP contribution in [0, 0.1) is 0 Å². The second kappa shape index (κ2) is 5.01. The summed E-state index contributed by atoms with van der Waals surface area (Å²) in [5.74, 6) is 1.05. The van der Waals surface area contributed by atoms with Crippen LogP contribution < -0.4 is 15.2 Å². The Morgan fingerprint density at radius 3 is 2.26 bits per heavy atom. The fraction of sp³-hybridized carbons (Fsp3) is 0.231. The van der Waals surface area contributed by atoms with Crippen molar-refractivity contribution >= 4 is 11.8 Å². The van der Waals surface area contributed by atoms with Crippen LogP contribution in [0.15, 0.2) is 22.6 Å². The second-order valence-electron chi connectivity index (χ2n) is 3.89. The molecular weight excluding hydrogens is 248 g/mol. The molecule has 100 valence electrons. The van der Waals surface area contributed by atoms with Gasteiger partial charge >= 0.3 is 0 Å². The fourth-order valence-electron chi connectivity index (χ4n) is 1.72. The summed E-state index contributed by atoms with van der Waals surface area (Å²) in [6.45, 7) is 1.39. The molecule has 0 spiro atoms. The molecule has 1 aromatic heterocycles. The summed E-state index contributed by atoms with van der Waals surface area (Å²) >= 11 is 0. The number of rotatable bonds is 4. The number of hydrogen-bond donors (Lipinski definition) is 1. The standard InChI is InChI=1S/C13H14N2O4/c1-7(16)12-11(15-13(14)19-12)8-4-9(17-2)6-10(5-8)18-3/h4-6H,1-3H3,(H2,14,15). The molecule has 2 N–H and O–H groups in total. The summed E-state index contributed by atoms with van der Waals surface area (Å²) in [5, 5.41) is 0. The number of anilines is 1. The monoisotopic (exact) mass is 262 g/mol. The average molecular weight is 262 g/mol. The Balaban J connectivity index is 2.60. The lowest BCUT2D eigenvalue weighted by molar-refractivity contribution is 0.0989. The van der Waals surface area contributed by atoms with Crippen LogP contribution in [0.25, 0.3) is 11.3 Å². The predicted molar refractivity (Wildman–Crippen MR) is 69.5 cm³/mol. The number of aromatic nitrogens is 1. The van der Waals surface area contributed by atoms with Crippen molar-refractivity contribution in [2.24, 2.45) is 0 Å². The molecule has 0 saturated carbocycles. The molecule has 19 heavy (non-hydrogen) atoms. The number of carbonyl (C=O) groups is 1. The van der Waals surface area contributed by atoms with Gasteiger partial charge in [-0.25, -0.2) is 0 Å². The number of nitrogen functional groups attached to an aromatic ring is 1. The summed E-state index contributed by atoms with van der Waals surface area (Å²) in [6.07, 6.45) is 0. The smallest absolute Gasteiger partial charge is 0.293 e. The highest BCUT2D eigenvalue weighted by molar-refractivity contribution is 5.97. The topological polar surface area (TPSA) is 87.6 Å². The van der Waals surface area contributed by atoms with Gasteiger partial charge in [0.1, 0.15) is 17.2 Å². The molecule has 0 aliphatic carbocycles. The van der Waals surface area contributed by atoms with E-state index in [-0.39, 0.29) is 17.6 Å². The van der Waals surface area contributed by atoms with E-state index in [4.69, 9.17) is 19.6 Å². The van der Waals surface area contributed by atoms with Gasteiger partial charge in [-0.1, -0.05) is 0 Å². The molecule has 0 aliphatic heterocycles. The number of ether oxygens (including phenoxy) is 2. The molecule has 0 bridgehead atoms. The maximum atomic E-state index is 11.5. The Morgan fingerprint density at radius 1 is 1.21 bits per heavy atom. The number of Topliss-reactive ketones (excluding diaryl/α,β-unsaturated/α-hetero) is 1. The van der Waals surface area contributed by atoms with Crippen LogP contribution >= 0.6 is 0 Å². The highest BCUT2D eigenvalue weighted by atomic mass is 16.5. The Bertz CT molecular complexity index is 597. The zero-order valence-corrected chi connectivity index (χ0v) is 10.9. The van der Waals surface area contributed by atoms with Crippen LogP contribution in [-0.2, 0) is 0 Å². The number of nitrogens with zero attached hydrogens (tertiary/aromatic N) is 1. The van der Waals surface area contributed by atoms with Crippen molar-refractivity contribution in [3.63, 3.8) is 0 Å². The molecule has 0 fully saturated rings. The van der Waals surface area contributed by atoms with E-state index in [1.54, 1.807) is 32.4 Å². The summed E-state index contributed by atoms with van der Waals surface area (Å²) in [7, 11) is 3.09. The molecule has 0 atom stereocenters. The van der Waals surface area contributed by atoms with Crippen LogP contribution in [0.4, 0.5) is 6.01 Å². The summed E-state index contributed by atoms with van der Waals surface area (Å²) in [5.41, 5.74) is 6.52. The largest absolute Gasteiger partial charge is 0.497 e. The van der Waals surface area contributed by atoms with E-state index in [2.05, 4.69) is 4.98 Å². The lowest BCUT2D eigenvalue weighted by Gasteiger charge is -2.07. The molecule has 0 aliphatic rings. The molecule has 1 aromatic carbocycles. The average Bonchev–Trinajstić information content (AvgIpc) is 2.80. The molecule has 6 nitrogen and oxygen atoms in total. The van der Waals surface area contributed by atoms with Gasteiger partial charge in [0.15, 0.2) is 11.5 Å². The molecule has 2 rings (SSSR count). The number of ketones is 1. The fourth-order valence-corrected chi connectivity index (χ4v) is 1.72. The number of hydrogen-bond acceptors (Lipinski definition) is 6. The molecule has 0 radical (unpaired) electrons. The van der Waals surface area contributed by atoms with Crippen LogP contribution in [-0.4, -0.2) is 25.0 Å². The zero-order valence-electron chi connectivity index (χ0n) is 10.9. The molecule has 0 unspecified atom stereocenters. The third-order valence-electron chi connectivity index (χ3n) is 2.59. The third kappa shape index (κ3) is 2.52. The normalized spacial score (nSPS) is 10.3. The van der Waals surface area contributed by atoms with Crippen LogP contribution in [0.1, 0.15) is 17.5 Å². The molecule has 0 saturated heterocycles. The molecule has 0 amide bonds. The van der Waals surface area contributed by atoms with Crippen molar-refractivity contribution in [2.75, 3.05) is 20.0 Å². The minimum Gasteiger partial charge on any atom is -0.497 e. The Labute approximate surface area is 110 Å². The molecule has 1 heterocycles. The number of oxazole rings is 1. The molecule has 2 aromatic rings. The third-order valence-corrected chi connectivity index (χ3v) is 2.59. The van der Waals surface area contributed by atoms with E-state index < -0.39 is 0 Å². The number of nitrogens with two attached hydrogens (primary N) is 1. The van der Waals surface area contributed by atoms with Gasteiger partial charge in [0.2, 0.25) is 0 Å². The SMILES string of the molecule is COc1cc(OC)cc(-c2nc(N)oc2C(C)=O)c1. The van der Waals surface area contributed by atoms with Gasteiger partial charge in [-0.3, -0.25) is 4.79 Å². The van der Waals surface area contributed by atoms with E-state index >= 15 is 0 Å². The van der Waals surface area contributed by atoms with Gasteiger partial charge in [-0.05, 0) is 12.1 Å². The first kappa shape index (κ1) is 12.9. The Kier molecular flexibility index (Phi) is 3.41. The van der Waals surface area contributed by atoms with Gasteiger partial charge < -0.3 is 19.6 Å². The summed E-state index contributed by atoms with van der Waals surface area (Å²) in [4.78, 5) is 15.5. The van der Waals surface area contributed by atoms with Crippen molar-refractivity contribution in [3.8, 4) is 22.8 Å². The first-order valence-corrected chi connectivity index (χ1v) is 5.56. The van der Waals surface area contributed by atoms with E-state index in [9.17, 15) is 4.79 Å². The maximum Gasteiger partial charge on any atom is 0.293 e. The quantitative estimate of drug-likeness (QED) is 0.849. The van der Waals surface area contributed by atoms with Crippen molar-refractivity contribution in [1.82, 2.24) is 4.98 Å². The van der Waals surface area contributed by atoms with E-state index in [0.717, 1.165) is 0 Å². The maximum absolute atomic E-state index is 11.5. The van der Waals surface area contributed by atoms with Crippen molar-refractivity contribution in [1.29, 1.82) is 0 Å². The summed E-state index contributed by atoms with van der Waals surface area (Å²) < 4.78 is 15.5. The first-order valence-electron chi connectivity index (χ1n) is 5.56. The first-order chi connectivity index (χ1) is 9.05. The minimum atomic E-state index is -0.249. The minimum absolute atomic E-state index is 0.0537. The van der Waals surface area contributed by atoms with Gasteiger partial charge in [0, 0.05) is 18.6 Å². The van der Waals surface area contributed by atoms with Crippen molar-refractivity contribution in [3.05, 3.63) is 24.0 Å². The van der Waals surface area contributed by atoms with E-state index in [1.807, 2.05) is 0 Å². The highest BCUT2D eigenvalue weighted by Gasteiger charge is 2.18. The highest BCUT2D eigenvalue weighted by Crippen LogP contribution is 2.32. The lowest BCUT2D eigenvalue weighted by Crippen LogP contribution is -1.94. The Morgan fingerprint density at radius 2 is 1.79 bits per heavy atom. The second-order valence-corrected chi connectivity index (χ2v) is 3.89. The molecular formula is C13H14N2O4.